The Morgan fingerprint density at radius 2 is 1.52 bits per heavy atom. The number of benzene rings is 3. The second kappa shape index (κ2) is 11.6. The molecule has 0 heterocycles. The van der Waals surface area contributed by atoms with E-state index in [0.717, 1.165) is 18.4 Å². The van der Waals surface area contributed by atoms with Gasteiger partial charge in [-0.3, -0.25) is 9.59 Å². The molecule has 1 unspecified atom stereocenters. The summed E-state index contributed by atoms with van der Waals surface area (Å²) in [5.41, 5.74) is 2.76. The molecule has 2 N–H and O–H groups in total. The van der Waals surface area contributed by atoms with Gasteiger partial charge in [0.15, 0.2) is 0 Å². The predicted molar refractivity (Wildman–Crippen MR) is 122 cm³/mol. The van der Waals surface area contributed by atoms with Crippen molar-refractivity contribution in [3.8, 4) is 5.75 Å². The zero-order valence-corrected chi connectivity index (χ0v) is 17.7. The third-order valence-electron chi connectivity index (χ3n) is 4.94. The van der Waals surface area contributed by atoms with E-state index in [1.807, 2.05) is 55.5 Å². The molecule has 3 aromatic carbocycles. The van der Waals surface area contributed by atoms with Crippen LogP contribution >= 0.6 is 0 Å². The van der Waals surface area contributed by atoms with Crippen molar-refractivity contribution in [2.45, 2.75) is 25.8 Å². The molecule has 0 aliphatic rings. The highest BCUT2D eigenvalue weighted by atomic mass is 16.5. The van der Waals surface area contributed by atoms with Gasteiger partial charge in [0.2, 0.25) is 5.91 Å². The van der Waals surface area contributed by atoms with Gasteiger partial charge in [-0.2, -0.15) is 0 Å². The molecule has 0 aromatic heterocycles. The normalized spacial score (nSPS) is 11.4. The average Bonchev–Trinajstić information content (AvgIpc) is 2.82. The van der Waals surface area contributed by atoms with Crippen molar-refractivity contribution in [2.24, 2.45) is 0 Å². The van der Waals surface area contributed by atoms with Crippen LogP contribution in [0.25, 0.3) is 0 Å². The molecule has 1 atom stereocenters. The first-order valence-electron chi connectivity index (χ1n) is 10.5. The van der Waals surface area contributed by atoms with Crippen molar-refractivity contribution >= 4 is 11.8 Å². The molecule has 2 amide bonds. The molecule has 0 aliphatic carbocycles. The van der Waals surface area contributed by atoms with Crippen LogP contribution in [0.15, 0.2) is 84.9 Å². The van der Waals surface area contributed by atoms with Crippen molar-refractivity contribution in [3.05, 3.63) is 102 Å². The van der Waals surface area contributed by atoms with E-state index < -0.39 is 0 Å². The van der Waals surface area contributed by atoms with Crippen molar-refractivity contribution in [1.82, 2.24) is 10.6 Å². The molecule has 0 saturated carbocycles. The molecule has 0 bridgehead atoms. The minimum Gasteiger partial charge on any atom is -0.494 e. The van der Waals surface area contributed by atoms with Crippen molar-refractivity contribution in [2.75, 3.05) is 13.2 Å². The second-order valence-corrected chi connectivity index (χ2v) is 7.20. The molecule has 0 radical (unpaired) electrons. The summed E-state index contributed by atoms with van der Waals surface area (Å²) in [6.45, 7) is 2.39. The van der Waals surface area contributed by atoms with Gasteiger partial charge in [0.05, 0.1) is 19.2 Å². The maximum atomic E-state index is 12.6. The third kappa shape index (κ3) is 7.00. The van der Waals surface area contributed by atoms with Gasteiger partial charge in [0.1, 0.15) is 5.75 Å². The molecule has 0 saturated heterocycles. The van der Waals surface area contributed by atoms with Gasteiger partial charge in [0, 0.05) is 5.56 Å². The zero-order valence-electron chi connectivity index (χ0n) is 17.7. The van der Waals surface area contributed by atoms with Crippen LogP contribution in [-0.4, -0.2) is 25.0 Å². The molecular formula is C26H28N2O3. The summed E-state index contributed by atoms with van der Waals surface area (Å²) in [6.07, 6.45) is 1.62. The first-order chi connectivity index (χ1) is 15.2. The summed E-state index contributed by atoms with van der Waals surface area (Å²) in [4.78, 5) is 24.9. The van der Waals surface area contributed by atoms with Crippen LogP contribution in [0.4, 0.5) is 0 Å². The fraction of sp³-hybridized carbons (Fsp3) is 0.231. The third-order valence-corrected chi connectivity index (χ3v) is 4.94. The number of hydrogen-bond acceptors (Lipinski definition) is 3. The number of ether oxygens (including phenoxy) is 1. The smallest absolute Gasteiger partial charge is 0.251 e. The monoisotopic (exact) mass is 416 g/mol. The molecule has 5 heteroatoms. The largest absolute Gasteiger partial charge is 0.494 e. The molecular weight excluding hydrogens is 388 g/mol. The van der Waals surface area contributed by atoms with Crippen LogP contribution in [0, 0.1) is 0 Å². The van der Waals surface area contributed by atoms with E-state index in [9.17, 15) is 9.59 Å². The molecule has 160 valence electrons. The Labute approximate surface area is 183 Å². The van der Waals surface area contributed by atoms with E-state index in [1.165, 1.54) is 5.56 Å². The number of carbonyl (C=O) groups excluding carboxylic acids is 2. The Hall–Kier alpha value is -3.60. The van der Waals surface area contributed by atoms with Gasteiger partial charge in [-0.1, -0.05) is 60.7 Å². The predicted octanol–water partition coefficient (Wildman–Crippen LogP) is 4.31. The van der Waals surface area contributed by atoms with Gasteiger partial charge in [-0.25, -0.2) is 0 Å². The lowest BCUT2D eigenvalue weighted by molar-refractivity contribution is -0.120. The first kappa shape index (κ1) is 22.1. The number of nitrogens with one attached hydrogen (secondary N) is 2. The molecule has 0 aliphatic heterocycles. The minimum absolute atomic E-state index is 0.0826. The highest BCUT2D eigenvalue weighted by molar-refractivity contribution is 5.96. The SMILES string of the molecule is CCOc1ccc(C(=O)NCC(=O)NC(CCc2ccccc2)c2ccccc2)cc1. The van der Waals surface area contributed by atoms with Gasteiger partial charge in [-0.05, 0) is 55.2 Å². The number of hydrogen-bond donors (Lipinski definition) is 2. The highest BCUT2D eigenvalue weighted by Gasteiger charge is 2.15. The lowest BCUT2D eigenvalue weighted by atomic mass is 9.99. The van der Waals surface area contributed by atoms with Gasteiger partial charge >= 0.3 is 0 Å². The number of aryl methyl sites for hydroxylation is 1. The van der Waals surface area contributed by atoms with Crippen LogP contribution in [0.5, 0.6) is 5.75 Å². The van der Waals surface area contributed by atoms with E-state index in [-0.39, 0.29) is 24.4 Å². The van der Waals surface area contributed by atoms with E-state index >= 15 is 0 Å². The van der Waals surface area contributed by atoms with Gasteiger partial charge in [0.25, 0.3) is 5.91 Å². The summed E-state index contributed by atoms with van der Waals surface area (Å²) in [5, 5.41) is 5.75. The number of rotatable bonds is 10. The maximum Gasteiger partial charge on any atom is 0.251 e. The summed E-state index contributed by atoms with van der Waals surface area (Å²) in [5.74, 6) is 0.195. The Morgan fingerprint density at radius 1 is 0.871 bits per heavy atom. The van der Waals surface area contributed by atoms with Crippen LogP contribution in [0.2, 0.25) is 0 Å². The van der Waals surface area contributed by atoms with E-state index in [0.29, 0.717) is 17.9 Å². The van der Waals surface area contributed by atoms with Crippen molar-refractivity contribution < 1.29 is 14.3 Å². The van der Waals surface area contributed by atoms with E-state index in [4.69, 9.17) is 4.74 Å². The molecule has 3 aromatic rings. The Morgan fingerprint density at radius 3 is 2.16 bits per heavy atom. The topological polar surface area (TPSA) is 67.4 Å². The van der Waals surface area contributed by atoms with E-state index in [2.05, 4.69) is 22.8 Å². The Balaban J connectivity index is 1.56. The standard InChI is InChI=1S/C26H28N2O3/c1-2-31-23-16-14-22(15-17-23)26(30)27-19-25(29)28-24(21-11-7-4-8-12-21)18-13-20-9-5-3-6-10-20/h3-12,14-17,24H,2,13,18-19H2,1H3,(H,27,30)(H,28,29). The maximum absolute atomic E-state index is 12.6. The molecule has 0 spiro atoms. The van der Waals surface area contributed by atoms with Crippen molar-refractivity contribution in [3.63, 3.8) is 0 Å². The fourth-order valence-corrected chi connectivity index (χ4v) is 3.34. The van der Waals surface area contributed by atoms with E-state index in [1.54, 1.807) is 24.3 Å². The van der Waals surface area contributed by atoms with Crippen LogP contribution in [-0.2, 0) is 11.2 Å². The fourth-order valence-electron chi connectivity index (χ4n) is 3.34. The zero-order chi connectivity index (χ0) is 21.9. The van der Waals surface area contributed by atoms with Gasteiger partial charge < -0.3 is 15.4 Å². The lowest BCUT2D eigenvalue weighted by Crippen LogP contribution is -2.38. The van der Waals surface area contributed by atoms with Crippen LogP contribution < -0.4 is 15.4 Å². The quantitative estimate of drug-likeness (QED) is 0.518. The molecule has 0 fully saturated rings. The van der Waals surface area contributed by atoms with Crippen molar-refractivity contribution in [1.29, 1.82) is 0 Å². The minimum atomic E-state index is -0.293. The summed E-state index contributed by atoms with van der Waals surface area (Å²) in [6, 6.07) is 26.8. The first-order valence-corrected chi connectivity index (χ1v) is 10.5. The number of carbonyl (C=O) groups is 2. The summed E-state index contributed by atoms with van der Waals surface area (Å²) < 4.78 is 5.38. The van der Waals surface area contributed by atoms with Crippen LogP contribution in [0.1, 0.15) is 40.9 Å². The highest BCUT2D eigenvalue weighted by Crippen LogP contribution is 2.19. The number of amides is 2. The lowest BCUT2D eigenvalue weighted by Gasteiger charge is -2.20. The van der Waals surface area contributed by atoms with Crippen LogP contribution in [0.3, 0.4) is 0 Å². The average molecular weight is 417 g/mol. The summed E-state index contributed by atoms with van der Waals surface area (Å²) in [7, 11) is 0. The molecule has 3 rings (SSSR count). The second-order valence-electron chi connectivity index (χ2n) is 7.20. The Kier molecular flexibility index (Phi) is 8.23. The van der Waals surface area contributed by atoms with Gasteiger partial charge in [-0.15, -0.1) is 0 Å². The molecule has 31 heavy (non-hydrogen) atoms. The molecule has 5 nitrogen and oxygen atoms in total. The summed E-state index contributed by atoms with van der Waals surface area (Å²) >= 11 is 0. The Bertz CT molecular complexity index is 957.